The van der Waals surface area contributed by atoms with Gasteiger partial charge in [-0.25, -0.2) is 0 Å². The molecule has 0 radical (unpaired) electrons. The topological polar surface area (TPSA) is 12.4 Å². The first kappa shape index (κ1) is 6.67. The number of hydrogen-bond donors (Lipinski definition) is 0. The molecule has 1 nitrogen and oxygen atoms in total. The zero-order valence-electron chi connectivity index (χ0n) is 5.31. The van der Waals surface area contributed by atoms with Crippen LogP contribution in [0.1, 0.15) is 20.3 Å². The van der Waals surface area contributed by atoms with Gasteiger partial charge in [0.05, 0.1) is 0 Å². The minimum Gasteiger partial charge on any atom is -0.301 e. The van der Waals surface area contributed by atoms with Gasteiger partial charge in [0, 0.05) is 7.05 Å². The summed E-state index contributed by atoms with van der Waals surface area (Å²) in [6, 6.07) is 0. The summed E-state index contributed by atoms with van der Waals surface area (Å²) in [5.41, 5.74) is 0. The second-order valence-electron chi connectivity index (χ2n) is 2.07. The molecule has 0 spiro atoms. The average Bonchev–Trinajstić information content (AvgIpc) is 1.61. The summed E-state index contributed by atoms with van der Waals surface area (Å²) in [6.45, 7) is 4.36. The lowest BCUT2D eigenvalue weighted by molar-refractivity contribution is 0.690. The van der Waals surface area contributed by atoms with Crippen LogP contribution in [0.25, 0.3) is 0 Å². The summed E-state index contributed by atoms with van der Waals surface area (Å²) >= 11 is 0. The van der Waals surface area contributed by atoms with Gasteiger partial charge in [-0.05, 0) is 18.6 Å². The lowest BCUT2D eigenvalue weighted by atomic mass is 10.2. The van der Waals surface area contributed by atoms with Crippen LogP contribution in [0.4, 0.5) is 0 Å². The van der Waals surface area contributed by atoms with Crippen molar-refractivity contribution in [3.05, 3.63) is 0 Å². The van der Waals surface area contributed by atoms with Crippen LogP contribution in [-0.4, -0.2) is 13.3 Å². The minimum absolute atomic E-state index is 0.753. The highest BCUT2D eigenvalue weighted by Gasteiger charge is 1.84. The molecule has 0 amide bonds. The third-order valence-corrected chi connectivity index (χ3v) is 0.759. The van der Waals surface area contributed by atoms with Gasteiger partial charge in [-0.1, -0.05) is 13.8 Å². The van der Waals surface area contributed by atoms with E-state index < -0.39 is 0 Å². The van der Waals surface area contributed by atoms with E-state index in [4.69, 9.17) is 0 Å². The predicted octanol–water partition coefficient (Wildman–Crippen LogP) is 1.73. The maximum Gasteiger partial charge on any atom is 0.0273 e. The van der Waals surface area contributed by atoms with Gasteiger partial charge in [0.2, 0.25) is 0 Å². The summed E-state index contributed by atoms with van der Waals surface area (Å²) in [6.07, 6.45) is 3.06. The Morgan fingerprint density at radius 3 is 2.29 bits per heavy atom. The Hall–Kier alpha value is -0.330. The molecule has 0 rings (SSSR count). The summed E-state index contributed by atoms with van der Waals surface area (Å²) in [7, 11) is 1.81. The van der Waals surface area contributed by atoms with Crippen molar-refractivity contribution < 1.29 is 0 Å². The van der Waals surface area contributed by atoms with Gasteiger partial charge in [0.25, 0.3) is 0 Å². The van der Waals surface area contributed by atoms with E-state index in [1.54, 1.807) is 0 Å². The Morgan fingerprint density at radius 1 is 1.57 bits per heavy atom. The largest absolute Gasteiger partial charge is 0.301 e. The molecule has 0 aromatic heterocycles. The number of rotatable bonds is 2. The molecular weight excluding hydrogens is 86.1 g/mol. The van der Waals surface area contributed by atoms with Crippen molar-refractivity contribution >= 4 is 6.21 Å². The smallest absolute Gasteiger partial charge is 0.0273 e. The monoisotopic (exact) mass is 99.1 g/mol. The molecule has 0 aromatic carbocycles. The summed E-state index contributed by atoms with van der Waals surface area (Å²) < 4.78 is 0. The van der Waals surface area contributed by atoms with Crippen molar-refractivity contribution in [3.8, 4) is 0 Å². The lowest BCUT2D eigenvalue weighted by Crippen LogP contribution is -1.85. The van der Waals surface area contributed by atoms with Gasteiger partial charge in [-0.3, -0.25) is 0 Å². The summed E-state index contributed by atoms with van der Waals surface area (Å²) in [5.74, 6) is 0.753. The highest BCUT2D eigenvalue weighted by molar-refractivity contribution is 5.56. The third kappa shape index (κ3) is 5.67. The van der Waals surface area contributed by atoms with Gasteiger partial charge in [-0.2, -0.15) is 0 Å². The Balaban J connectivity index is 2.97. The van der Waals surface area contributed by atoms with Crippen molar-refractivity contribution in [2.45, 2.75) is 20.3 Å². The van der Waals surface area contributed by atoms with Crippen LogP contribution in [-0.2, 0) is 0 Å². The molecule has 0 unspecified atom stereocenters. The quantitative estimate of drug-likeness (QED) is 0.467. The molecule has 0 atom stereocenters. The standard InChI is InChI=1S/C6H13N/c1-6(2)4-5-7-3/h5-6H,4H2,1-3H3/b7-5+. The molecule has 0 fully saturated rings. The van der Waals surface area contributed by atoms with Crippen LogP contribution < -0.4 is 0 Å². The molecule has 42 valence electrons. The third-order valence-electron chi connectivity index (χ3n) is 0.759. The molecule has 1 heteroatoms. The van der Waals surface area contributed by atoms with Gasteiger partial charge < -0.3 is 4.99 Å². The Labute approximate surface area is 45.5 Å². The minimum atomic E-state index is 0.753. The first-order valence-electron chi connectivity index (χ1n) is 2.68. The van der Waals surface area contributed by atoms with Gasteiger partial charge in [-0.15, -0.1) is 0 Å². The van der Waals surface area contributed by atoms with E-state index in [1.165, 1.54) is 0 Å². The normalized spacial score (nSPS) is 11.4. The Bertz CT molecular complexity index is 55.2. The SMILES string of the molecule is C/N=C/CC(C)C. The molecule has 0 heterocycles. The predicted molar refractivity (Wildman–Crippen MR) is 33.9 cm³/mol. The van der Waals surface area contributed by atoms with E-state index in [0.29, 0.717) is 0 Å². The summed E-state index contributed by atoms with van der Waals surface area (Å²) in [5, 5.41) is 0. The van der Waals surface area contributed by atoms with Crippen molar-refractivity contribution in [1.82, 2.24) is 0 Å². The van der Waals surface area contributed by atoms with Gasteiger partial charge in [0.1, 0.15) is 0 Å². The lowest BCUT2D eigenvalue weighted by Gasteiger charge is -1.93. The van der Waals surface area contributed by atoms with Crippen LogP contribution in [0, 0.1) is 5.92 Å². The van der Waals surface area contributed by atoms with E-state index in [9.17, 15) is 0 Å². The van der Waals surface area contributed by atoms with Crippen LogP contribution >= 0.6 is 0 Å². The summed E-state index contributed by atoms with van der Waals surface area (Å²) in [4.78, 5) is 3.85. The van der Waals surface area contributed by atoms with Crippen molar-refractivity contribution in [2.75, 3.05) is 7.05 Å². The van der Waals surface area contributed by atoms with E-state index >= 15 is 0 Å². The van der Waals surface area contributed by atoms with Gasteiger partial charge >= 0.3 is 0 Å². The zero-order chi connectivity index (χ0) is 5.70. The fraction of sp³-hybridized carbons (Fsp3) is 0.833. The molecule has 0 bridgehead atoms. The molecule has 0 saturated carbocycles. The maximum absolute atomic E-state index is 3.85. The molecule has 0 N–H and O–H groups in total. The van der Waals surface area contributed by atoms with Crippen LogP contribution in [0.5, 0.6) is 0 Å². The second-order valence-corrected chi connectivity index (χ2v) is 2.07. The van der Waals surface area contributed by atoms with E-state index in [0.717, 1.165) is 12.3 Å². The van der Waals surface area contributed by atoms with Crippen LogP contribution in [0.3, 0.4) is 0 Å². The fourth-order valence-electron chi connectivity index (χ4n) is 0.316. The van der Waals surface area contributed by atoms with E-state index in [1.807, 2.05) is 13.3 Å². The van der Waals surface area contributed by atoms with Crippen molar-refractivity contribution in [2.24, 2.45) is 10.9 Å². The van der Waals surface area contributed by atoms with E-state index in [-0.39, 0.29) is 0 Å². The molecule has 0 aromatic rings. The van der Waals surface area contributed by atoms with Crippen LogP contribution in [0.2, 0.25) is 0 Å². The molecule has 0 aliphatic rings. The molecular formula is C6H13N. The first-order valence-corrected chi connectivity index (χ1v) is 2.68. The number of hydrogen-bond acceptors (Lipinski definition) is 1. The van der Waals surface area contributed by atoms with Crippen LogP contribution in [0.15, 0.2) is 4.99 Å². The average molecular weight is 99.2 g/mol. The van der Waals surface area contributed by atoms with Gasteiger partial charge in [0.15, 0.2) is 0 Å². The number of aliphatic imine (C=N–C) groups is 1. The van der Waals surface area contributed by atoms with Crippen molar-refractivity contribution in [1.29, 1.82) is 0 Å². The fourth-order valence-corrected chi connectivity index (χ4v) is 0.316. The molecule has 0 aliphatic carbocycles. The molecule has 0 aliphatic heterocycles. The molecule has 0 saturated heterocycles. The second kappa shape index (κ2) is 3.85. The first-order chi connectivity index (χ1) is 3.27. The van der Waals surface area contributed by atoms with E-state index in [2.05, 4.69) is 18.8 Å². The van der Waals surface area contributed by atoms with Crippen molar-refractivity contribution in [3.63, 3.8) is 0 Å². The Kier molecular flexibility index (Phi) is 3.67. The maximum atomic E-state index is 3.85. The highest BCUT2D eigenvalue weighted by atomic mass is 14.6. The highest BCUT2D eigenvalue weighted by Crippen LogP contribution is 1.93. The Morgan fingerprint density at radius 2 is 2.14 bits per heavy atom. The zero-order valence-corrected chi connectivity index (χ0v) is 5.31. The number of nitrogens with zero attached hydrogens (tertiary/aromatic N) is 1. The molecule has 7 heavy (non-hydrogen) atoms.